The molecule has 19 heavy (non-hydrogen) atoms. The fourth-order valence-corrected chi connectivity index (χ4v) is 4.45. The Morgan fingerprint density at radius 3 is 2.58 bits per heavy atom. The molecule has 3 rings (SSSR count). The Morgan fingerprint density at radius 1 is 1.05 bits per heavy atom. The fraction of sp³-hybridized carbons (Fsp3) is 0.625. The maximum absolute atomic E-state index is 12.6. The van der Waals surface area contributed by atoms with Crippen molar-refractivity contribution >= 4 is 27.5 Å². The van der Waals surface area contributed by atoms with Gasteiger partial charge in [0.2, 0.25) is 0 Å². The van der Waals surface area contributed by atoms with Gasteiger partial charge in [0.1, 0.15) is 5.78 Å². The molecule has 0 aromatic rings. The molecule has 0 N–H and O–H groups in total. The van der Waals surface area contributed by atoms with Crippen LogP contribution in [0.5, 0.6) is 0 Å². The van der Waals surface area contributed by atoms with Gasteiger partial charge < -0.3 is 0 Å². The highest BCUT2D eigenvalue weighted by molar-refractivity contribution is 9.11. The van der Waals surface area contributed by atoms with E-state index in [0.29, 0.717) is 18.6 Å². The highest BCUT2D eigenvalue weighted by Crippen LogP contribution is 2.51. The number of halogens is 1. The van der Waals surface area contributed by atoms with E-state index in [1.54, 1.807) is 6.08 Å². The van der Waals surface area contributed by atoms with Gasteiger partial charge in [-0.15, -0.1) is 0 Å². The van der Waals surface area contributed by atoms with Gasteiger partial charge in [0.25, 0.3) is 0 Å². The Morgan fingerprint density at radius 2 is 1.84 bits per heavy atom. The van der Waals surface area contributed by atoms with Crippen LogP contribution in [0, 0.1) is 5.41 Å². The second-order valence-electron chi connectivity index (χ2n) is 6.03. The lowest BCUT2D eigenvalue weighted by atomic mass is 9.61. The molecule has 2 nitrogen and oxygen atoms in total. The lowest BCUT2D eigenvalue weighted by Gasteiger charge is -2.41. The Bertz CT molecular complexity index is 501. The molecule has 0 aromatic heterocycles. The van der Waals surface area contributed by atoms with Crippen LogP contribution in [-0.2, 0) is 9.59 Å². The molecule has 0 saturated heterocycles. The average Bonchev–Trinajstić information content (AvgIpc) is 2.77. The predicted molar refractivity (Wildman–Crippen MR) is 78.0 cm³/mol. The first-order chi connectivity index (χ1) is 9.12. The summed E-state index contributed by atoms with van der Waals surface area (Å²) in [5.41, 5.74) is 2.21. The zero-order valence-corrected chi connectivity index (χ0v) is 12.7. The molecule has 0 heterocycles. The molecule has 1 fully saturated rings. The molecule has 102 valence electrons. The van der Waals surface area contributed by atoms with Crippen LogP contribution in [0.25, 0.3) is 0 Å². The van der Waals surface area contributed by atoms with Gasteiger partial charge in [-0.2, -0.15) is 0 Å². The summed E-state index contributed by atoms with van der Waals surface area (Å²) in [6.07, 6.45) is 9.86. The third-order valence-electron chi connectivity index (χ3n) is 4.91. The highest BCUT2D eigenvalue weighted by atomic mass is 79.9. The number of ketones is 2. The highest BCUT2D eigenvalue weighted by Gasteiger charge is 2.46. The monoisotopic (exact) mass is 322 g/mol. The number of allylic oxidation sites excluding steroid dienone is 4. The third-order valence-corrected chi connectivity index (χ3v) is 5.86. The number of fused-ring (bicyclic) bond motifs is 1. The zero-order chi connectivity index (χ0) is 13.5. The van der Waals surface area contributed by atoms with E-state index in [1.165, 1.54) is 16.5 Å². The summed E-state index contributed by atoms with van der Waals surface area (Å²) in [5, 5.41) is 0. The van der Waals surface area contributed by atoms with E-state index in [2.05, 4.69) is 15.9 Å². The van der Waals surface area contributed by atoms with Gasteiger partial charge in [-0.25, -0.2) is 0 Å². The fourth-order valence-electron chi connectivity index (χ4n) is 3.83. The van der Waals surface area contributed by atoms with Crippen LogP contribution >= 0.6 is 15.9 Å². The molecule has 0 aliphatic heterocycles. The minimum atomic E-state index is -0.329. The molecule has 3 aliphatic rings. The number of rotatable bonds is 2. The van der Waals surface area contributed by atoms with Crippen LogP contribution in [0.2, 0.25) is 0 Å². The number of carbonyl (C=O) groups is 2. The summed E-state index contributed by atoms with van der Waals surface area (Å²) in [7, 11) is 0. The molecule has 0 bridgehead atoms. The summed E-state index contributed by atoms with van der Waals surface area (Å²) >= 11 is 3.66. The van der Waals surface area contributed by atoms with E-state index < -0.39 is 0 Å². The van der Waals surface area contributed by atoms with Crippen LogP contribution in [0.4, 0.5) is 0 Å². The molecule has 0 aromatic carbocycles. The van der Waals surface area contributed by atoms with Crippen molar-refractivity contribution in [2.45, 2.75) is 57.8 Å². The van der Waals surface area contributed by atoms with E-state index in [4.69, 9.17) is 0 Å². The van der Waals surface area contributed by atoms with Crippen LogP contribution in [0.15, 0.2) is 21.7 Å². The summed E-state index contributed by atoms with van der Waals surface area (Å²) in [6.45, 7) is 0. The predicted octanol–water partition coefficient (Wildman–Crippen LogP) is 4.24. The summed E-state index contributed by atoms with van der Waals surface area (Å²) in [6, 6.07) is 0. The Balaban J connectivity index is 1.97. The molecule has 0 amide bonds. The van der Waals surface area contributed by atoms with E-state index in [-0.39, 0.29) is 11.2 Å². The molecule has 3 heteroatoms. The summed E-state index contributed by atoms with van der Waals surface area (Å²) < 4.78 is 1.30. The first-order valence-electron chi connectivity index (χ1n) is 7.25. The second kappa shape index (κ2) is 5.01. The van der Waals surface area contributed by atoms with Gasteiger partial charge in [0.05, 0.1) is 5.41 Å². The van der Waals surface area contributed by atoms with E-state index in [9.17, 15) is 9.59 Å². The maximum Gasteiger partial charge on any atom is 0.155 e. The van der Waals surface area contributed by atoms with Crippen molar-refractivity contribution in [3.63, 3.8) is 0 Å². The maximum atomic E-state index is 12.6. The van der Waals surface area contributed by atoms with Crippen LogP contribution in [-0.4, -0.2) is 11.6 Å². The quantitative estimate of drug-likeness (QED) is 0.762. The van der Waals surface area contributed by atoms with Crippen molar-refractivity contribution in [3.8, 4) is 0 Å². The smallest absolute Gasteiger partial charge is 0.155 e. The van der Waals surface area contributed by atoms with Gasteiger partial charge in [0, 0.05) is 12.8 Å². The molecular weight excluding hydrogens is 304 g/mol. The number of carbonyl (C=O) groups excluding carboxylic acids is 2. The SMILES string of the molecule is O=C1C=C2CCCC(=O)C2(CC2=C(Br)CCC2)CC1. The first kappa shape index (κ1) is 13.3. The first-order valence-corrected chi connectivity index (χ1v) is 8.05. The lowest BCUT2D eigenvalue weighted by molar-refractivity contribution is -0.129. The Kier molecular flexibility index (Phi) is 3.50. The molecule has 0 spiro atoms. The van der Waals surface area contributed by atoms with Crippen molar-refractivity contribution in [2.24, 2.45) is 5.41 Å². The number of hydrogen-bond donors (Lipinski definition) is 0. The van der Waals surface area contributed by atoms with Crippen LogP contribution in [0.3, 0.4) is 0 Å². The van der Waals surface area contributed by atoms with Crippen LogP contribution in [0.1, 0.15) is 57.8 Å². The van der Waals surface area contributed by atoms with Gasteiger partial charge in [0.15, 0.2) is 5.78 Å². The van der Waals surface area contributed by atoms with E-state index in [1.807, 2.05) is 0 Å². The normalized spacial score (nSPS) is 31.5. The second-order valence-corrected chi connectivity index (χ2v) is 6.99. The van der Waals surface area contributed by atoms with Crippen molar-refractivity contribution in [2.75, 3.05) is 0 Å². The zero-order valence-electron chi connectivity index (χ0n) is 11.1. The Labute approximate surface area is 122 Å². The van der Waals surface area contributed by atoms with Gasteiger partial charge >= 0.3 is 0 Å². The van der Waals surface area contributed by atoms with Crippen LogP contribution < -0.4 is 0 Å². The van der Waals surface area contributed by atoms with Crippen molar-refractivity contribution in [1.29, 1.82) is 0 Å². The minimum absolute atomic E-state index is 0.208. The van der Waals surface area contributed by atoms with E-state index >= 15 is 0 Å². The summed E-state index contributed by atoms with van der Waals surface area (Å²) in [5.74, 6) is 0.581. The average molecular weight is 323 g/mol. The standard InChI is InChI=1S/C16H19BrO2/c17-14-5-1-3-11(14)10-16-8-7-13(18)9-12(16)4-2-6-15(16)19/h9H,1-8,10H2. The molecule has 3 aliphatic carbocycles. The van der Waals surface area contributed by atoms with E-state index in [0.717, 1.165) is 44.1 Å². The largest absolute Gasteiger partial charge is 0.299 e. The molecular formula is C16H19BrO2. The summed E-state index contributed by atoms with van der Waals surface area (Å²) in [4.78, 5) is 24.2. The third kappa shape index (κ3) is 2.26. The molecule has 0 radical (unpaired) electrons. The molecule has 1 saturated carbocycles. The Hall–Kier alpha value is -0.700. The van der Waals surface area contributed by atoms with Gasteiger partial charge in [-0.05, 0) is 55.5 Å². The molecule has 1 unspecified atom stereocenters. The number of hydrogen-bond acceptors (Lipinski definition) is 2. The minimum Gasteiger partial charge on any atom is -0.299 e. The van der Waals surface area contributed by atoms with Gasteiger partial charge in [-0.1, -0.05) is 27.1 Å². The molecule has 1 atom stereocenters. The van der Waals surface area contributed by atoms with Crippen molar-refractivity contribution < 1.29 is 9.59 Å². The lowest BCUT2D eigenvalue weighted by Crippen LogP contribution is -2.39. The van der Waals surface area contributed by atoms with Gasteiger partial charge in [-0.3, -0.25) is 9.59 Å². The topological polar surface area (TPSA) is 34.1 Å². The number of Topliss-reactive ketones (excluding diaryl/α,β-unsaturated/α-hetero) is 1. The van der Waals surface area contributed by atoms with Crippen molar-refractivity contribution in [3.05, 3.63) is 21.7 Å². The van der Waals surface area contributed by atoms with Crippen molar-refractivity contribution in [1.82, 2.24) is 0 Å².